The molecular weight excluding hydrogens is 254 g/mol. The Morgan fingerprint density at radius 2 is 2.11 bits per heavy atom. The normalized spacial score (nSPS) is 11.7. The van der Waals surface area contributed by atoms with E-state index in [9.17, 15) is 8.42 Å². The van der Waals surface area contributed by atoms with Crippen LogP contribution in [0.25, 0.3) is 5.82 Å². The van der Waals surface area contributed by atoms with Crippen LogP contribution in [0, 0.1) is 0 Å². The lowest BCUT2D eigenvalue weighted by molar-refractivity contribution is 0.592. The van der Waals surface area contributed by atoms with Gasteiger partial charge in [0.15, 0.2) is 0 Å². The van der Waals surface area contributed by atoms with Crippen molar-refractivity contribution in [2.75, 3.05) is 4.72 Å². The monoisotopic (exact) mass is 267 g/mol. The molecule has 0 spiro atoms. The average Bonchev–Trinajstić information content (AvgIpc) is 2.82. The second-order valence-electron chi connectivity index (χ2n) is 3.93. The van der Waals surface area contributed by atoms with Crippen LogP contribution in [-0.4, -0.2) is 33.2 Å². The van der Waals surface area contributed by atoms with Crippen molar-refractivity contribution < 1.29 is 8.42 Å². The minimum absolute atomic E-state index is 0.238. The zero-order valence-corrected chi connectivity index (χ0v) is 10.8. The van der Waals surface area contributed by atoms with Crippen molar-refractivity contribution >= 4 is 15.8 Å². The predicted molar refractivity (Wildman–Crippen MR) is 66.8 cm³/mol. The molecule has 0 unspecified atom stereocenters. The van der Waals surface area contributed by atoms with E-state index in [1.54, 1.807) is 43.2 Å². The van der Waals surface area contributed by atoms with Crippen LogP contribution in [0.3, 0.4) is 0 Å². The summed E-state index contributed by atoms with van der Waals surface area (Å²) in [5.41, 5.74) is 0. The molecule has 0 radical (unpaired) electrons. The van der Waals surface area contributed by atoms with E-state index in [-0.39, 0.29) is 5.82 Å². The number of anilines is 1. The molecule has 18 heavy (non-hydrogen) atoms. The van der Waals surface area contributed by atoms with E-state index in [4.69, 9.17) is 0 Å². The Labute approximate surface area is 105 Å². The summed E-state index contributed by atoms with van der Waals surface area (Å²) in [5.74, 6) is 0.784. The van der Waals surface area contributed by atoms with Crippen molar-refractivity contribution in [3.8, 4) is 5.82 Å². The molecule has 2 heterocycles. The third-order valence-electron chi connectivity index (χ3n) is 2.29. The summed E-state index contributed by atoms with van der Waals surface area (Å²) < 4.78 is 27.5. The van der Waals surface area contributed by atoms with E-state index in [0.29, 0.717) is 5.82 Å². The van der Waals surface area contributed by atoms with Gasteiger partial charge in [-0.1, -0.05) is 0 Å². The molecule has 0 amide bonds. The fraction of sp³-hybridized carbons (Fsp3) is 0.300. The first-order valence-corrected chi connectivity index (χ1v) is 6.85. The van der Waals surface area contributed by atoms with Gasteiger partial charge in [-0.3, -0.25) is 9.29 Å². The molecule has 2 aromatic rings. The van der Waals surface area contributed by atoms with Crippen LogP contribution in [0.4, 0.5) is 5.82 Å². The summed E-state index contributed by atoms with van der Waals surface area (Å²) in [5, 5.41) is -0.524. The molecule has 0 atom stereocenters. The smallest absolute Gasteiger partial charge is 0.236 e. The van der Waals surface area contributed by atoms with Gasteiger partial charge in [0, 0.05) is 18.5 Å². The Balaban J connectivity index is 2.29. The summed E-state index contributed by atoms with van der Waals surface area (Å²) in [7, 11) is -3.40. The molecule has 0 aliphatic rings. The van der Waals surface area contributed by atoms with E-state index >= 15 is 0 Å². The highest BCUT2D eigenvalue weighted by Gasteiger charge is 2.16. The highest BCUT2D eigenvalue weighted by atomic mass is 32.2. The number of imidazole rings is 1. The van der Waals surface area contributed by atoms with Crippen molar-refractivity contribution in [1.29, 1.82) is 0 Å². The summed E-state index contributed by atoms with van der Waals surface area (Å²) in [6.07, 6.45) is 6.19. The highest BCUT2D eigenvalue weighted by molar-refractivity contribution is 7.93. The minimum Gasteiger partial charge on any atom is -0.290 e. The molecule has 0 aliphatic heterocycles. The molecule has 0 aromatic carbocycles. The summed E-state index contributed by atoms with van der Waals surface area (Å²) >= 11 is 0. The van der Waals surface area contributed by atoms with Crippen molar-refractivity contribution in [1.82, 2.24) is 19.5 Å². The van der Waals surface area contributed by atoms with Gasteiger partial charge in [-0.2, -0.15) is 0 Å². The fourth-order valence-corrected chi connectivity index (χ4v) is 1.84. The fourth-order valence-electron chi connectivity index (χ4n) is 1.20. The number of hydrogen-bond acceptors (Lipinski definition) is 5. The lowest BCUT2D eigenvalue weighted by atomic mass is 10.5. The Morgan fingerprint density at radius 1 is 1.33 bits per heavy atom. The van der Waals surface area contributed by atoms with Gasteiger partial charge in [-0.25, -0.2) is 23.4 Å². The molecule has 0 saturated heterocycles. The maximum atomic E-state index is 11.7. The first-order valence-electron chi connectivity index (χ1n) is 5.31. The Hall–Kier alpha value is -1.96. The maximum absolute atomic E-state index is 11.7. The number of nitrogens with one attached hydrogen (secondary N) is 1. The van der Waals surface area contributed by atoms with E-state index in [2.05, 4.69) is 19.7 Å². The number of aromatic nitrogens is 4. The number of rotatable bonds is 4. The lowest BCUT2D eigenvalue weighted by Gasteiger charge is -2.10. The second kappa shape index (κ2) is 4.73. The van der Waals surface area contributed by atoms with Crippen LogP contribution in [-0.2, 0) is 10.0 Å². The number of nitrogens with zero attached hydrogens (tertiary/aromatic N) is 4. The van der Waals surface area contributed by atoms with Gasteiger partial charge in [0.2, 0.25) is 10.0 Å². The van der Waals surface area contributed by atoms with Crippen LogP contribution in [0.1, 0.15) is 13.8 Å². The molecule has 2 aromatic heterocycles. The molecule has 7 nitrogen and oxygen atoms in total. The van der Waals surface area contributed by atoms with Gasteiger partial charge in [0.1, 0.15) is 24.3 Å². The molecule has 8 heteroatoms. The zero-order valence-electron chi connectivity index (χ0n) is 9.98. The highest BCUT2D eigenvalue weighted by Crippen LogP contribution is 2.11. The molecular formula is C10H13N5O2S. The van der Waals surface area contributed by atoms with Crippen molar-refractivity contribution in [3.63, 3.8) is 0 Å². The van der Waals surface area contributed by atoms with Gasteiger partial charge in [-0.15, -0.1) is 0 Å². The van der Waals surface area contributed by atoms with Crippen LogP contribution in [0.5, 0.6) is 0 Å². The minimum atomic E-state index is -3.40. The molecule has 96 valence electrons. The average molecular weight is 267 g/mol. The van der Waals surface area contributed by atoms with E-state index in [0.717, 1.165) is 0 Å². The van der Waals surface area contributed by atoms with E-state index in [1.807, 2.05) is 0 Å². The second-order valence-corrected chi connectivity index (χ2v) is 6.16. The van der Waals surface area contributed by atoms with Gasteiger partial charge in [-0.05, 0) is 13.8 Å². The third-order valence-corrected chi connectivity index (χ3v) is 4.02. The van der Waals surface area contributed by atoms with E-state index in [1.165, 1.54) is 6.33 Å². The van der Waals surface area contributed by atoms with Crippen molar-refractivity contribution in [2.45, 2.75) is 19.1 Å². The van der Waals surface area contributed by atoms with Crippen LogP contribution < -0.4 is 4.72 Å². The third kappa shape index (κ3) is 2.65. The van der Waals surface area contributed by atoms with Crippen LogP contribution in [0.15, 0.2) is 31.1 Å². The molecule has 0 aliphatic carbocycles. The zero-order chi connectivity index (χ0) is 13.2. The Kier molecular flexibility index (Phi) is 3.28. The van der Waals surface area contributed by atoms with Gasteiger partial charge in [0.05, 0.1) is 5.25 Å². The van der Waals surface area contributed by atoms with Crippen LogP contribution >= 0.6 is 0 Å². The predicted octanol–water partition coefficient (Wildman–Crippen LogP) is 0.812. The molecule has 1 N–H and O–H groups in total. The van der Waals surface area contributed by atoms with Crippen molar-refractivity contribution in [2.24, 2.45) is 0 Å². The number of hydrogen-bond donors (Lipinski definition) is 1. The quantitative estimate of drug-likeness (QED) is 0.885. The largest absolute Gasteiger partial charge is 0.290 e. The Morgan fingerprint density at radius 3 is 2.72 bits per heavy atom. The summed E-state index contributed by atoms with van der Waals surface area (Å²) in [6.45, 7) is 3.20. The maximum Gasteiger partial charge on any atom is 0.236 e. The van der Waals surface area contributed by atoms with E-state index < -0.39 is 15.3 Å². The standard InChI is InChI=1S/C10H13N5O2S/c1-8(2)18(16,17)14-9-5-10(13-6-12-9)15-4-3-11-7-15/h3-8H,1-2H3,(H,12,13,14). The molecule has 0 fully saturated rings. The van der Waals surface area contributed by atoms with Gasteiger partial charge < -0.3 is 0 Å². The molecule has 2 rings (SSSR count). The lowest BCUT2D eigenvalue weighted by Crippen LogP contribution is -2.23. The Bertz CT molecular complexity index is 621. The summed E-state index contributed by atoms with van der Waals surface area (Å²) in [4.78, 5) is 11.8. The van der Waals surface area contributed by atoms with Crippen LogP contribution in [0.2, 0.25) is 0 Å². The number of sulfonamides is 1. The van der Waals surface area contributed by atoms with Gasteiger partial charge in [0.25, 0.3) is 0 Å². The topological polar surface area (TPSA) is 89.8 Å². The molecule has 0 saturated carbocycles. The van der Waals surface area contributed by atoms with Gasteiger partial charge >= 0.3 is 0 Å². The summed E-state index contributed by atoms with van der Waals surface area (Å²) in [6, 6.07) is 1.54. The SMILES string of the molecule is CC(C)S(=O)(=O)Nc1cc(-n2ccnc2)ncn1. The molecule has 0 bridgehead atoms. The first kappa shape index (κ1) is 12.5. The first-order chi connectivity index (χ1) is 8.49. The van der Waals surface area contributed by atoms with Crippen molar-refractivity contribution in [3.05, 3.63) is 31.1 Å².